The van der Waals surface area contributed by atoms with Crippen LogP contribution in [0.3, 0.4) is 0 Å². The molecule has 0 unspecified atom stereocenters. The Morgan fingerprint density at radius 2 is 0.432 bits per heavy atom. The second kappa shape index (κ2) is 38.8. The number of anilines is 3. The monoisotopic (exact) mass is 1880 g/mol. The first-order valence-electron chi connectivity index (χ1n) is 50.8. The van der Waals surface area contributed by atoms with Crippen molar-refractivity contribution in [3.8, 4) is 100 Å². The van der Waals surface area contributed by atoms with Crippen molar-refractivity contribution in [2.45, 2.75) is 5.41 Å². The van der Waals surface area contributed by atoms with Crippen LogP contribution in [0.5, 0.6) is 0 Å². The Morgan fingerprint density at radius 3 is 0.824 bits per heavy atom. The Hall–Kier alpha value is -19.5. The van der Waals surface area contributed by atoms with Crippen LogP contribution in [0.1, 0.15) is 22.3 Å². The van der Waals surface area contributed by atoms with Gasteiger partial charge in [0.25, 0.3) is 0 Å². The van der Waals surface area contributed by atoms with Crippen molar-refractivity contribution in [2.75, 3.05) is 4.90 Å². The smallest absolute Gasteiger partial charge is 0.0970 e. The summed E-state index contributed by atoms with van der Waals surface area (Å²) in [5.74, 6) is 0. The molecule has 29 rings (SSSR count). The third-order valence-electron chi connectivity index (χ3n) is 29.7. The molecule has 0 N–H and O–H groups in total. The van der Waals surface area contributed by atoms with E-state index in [1.165, 1.54) is 209 Å². The lowest BCUT2D eigenvalue weighted by molar-refractivity contribution is 0.768. The van der Waals surface area contributed by atoms with E-state index < -0.39 is 0 Å². The molecule has 0 spiro atoms. The number of hydrogen-bond donors (Lipinski definition) is 0. The van der Waals surface area contributed by atoms with Crippen LogP contribution >= 0.6 is 0 Å². The molecule has 24 aromatic carbocycles. The van der Waals surface area contributed by atoms with Gasteiger partial charge in [-0.25, -0.2) is 0 Å². The summed E-state index contributed by atoms with van der Waals surface area (Å²) in [7, 11) is 0. The van der Waals surface area contributed by atoms with E-state index in [1.807, 2.05) is 24.5 Å². The second-order valence-electron chi connectivity index (χ2n) is 37.9. The first-order chi connectivity index (χ1) is 73.5. The molecule has 0 aliphatic heterocycles. The van der Waals surface area contributed by atoms with E-state index in [1.54, 1.807) is 0 Å². The summed E-state index contributed by atoms with van der Waals surface area (Å²) in [5.41, 5.74) is 37.3. The van der Waals surface area contributed by atoms with Crippen LogP contribution in [-0.4, -0.2) is 19.1 Å². The third kappa shape index (κ3) is 15.8. The zero-order valence-electron chi connectivity index (χ0n) is 81.2. The molecule has 4 aromatic heterocycles. The van der Waals surface area contributed by atoms with E-state index in [9.17, 15) is 0 Å². The number of pyridine rings is 2. The molecule has 1 aliphatic carbocycles. The minimum absolute atomic E-state index is 0.378. The van der Waals surface area contributed by atoms with Crippen molar-refractivity contribution in [1.29, 1.82) is 0 Å². The number of fused-ring (bicyclic) bond motifs is 16. The van der Waals surface area contributed by atoms with Crippen molar-refractivity contribution in [1.82, 2.24) is 19.1 Å². The Labute approximate surface area is 860 Å². The summed E-state index contributed by atoms with van der Waals surface area (Å²) in [6.07, 6.45) is 3.75. The normalized spacial score (nSPS) is 11.8. The number of para-hydroxylation sites is 6. The van der Waals surface area contributed by atoms with E-state index in [4.69, 9.17) is 0 Å². The molecule has 0 atom stereocenters. The van der Waals surface area contributed by atoms with Crippen molar-refractivity contribution in [3.63, 3.8) is 0 Å². The highest BCUT2D eigenvalue weighted by Gasteiger charge is 2.46. The summed E-state index contributed by atoms with van der Waals surface area (Å²) < 4.78 is 4.75. The summed E-state index contributed by atoms with van der Waals surface area (Å²) in [5, 5.41) is 17.6. The van der Waals surface area contributed by atoms with Crippen molar-refractivity contribution in [3.05, 3.63) is 611 Å². The predicted molar refractivity (Wildman–Crippen MR) is 625 cm³/mol. The molecule has 148 heavy (non-hydrogen) atoms. The molecule has 0 fully saturated rings. The van der Waals surface area contributed by atoms with Crippen LogP contribution in [0.4, 0.5) is 17.1 Å². The number of nitrogens with zero attached hydrogens (tertiary/aromatic N) is 5. The quantitative estimate of drug-likeness (QED) is 0.0804. The highest BCUT2D eigenvalue weighted by atomic mass is 15.1. The minimum Gasteiger partial charge on any atom is -0.311 e. The lowest BCUT2D eigenvalue weighted by Crippen LogP contribution is -2.28. The van der Waals surface area contributed by atoms with E-state index in [0.717, 1.165) is 38.9 Å². The summed E-state index contributed by atoms with van der Waals surface area (Å²) in [4.78, 5) is 11.7. The van der Waals surface area contributed by atoms with E-state index in [2.05, 4.69) is 588 Å². The predicted octanol–water partition coefficient (Wildman–Crippen LogP) is 38.2. The zero-order valence-corrected chi connectivity index (χ0v) is 81.2. The van der Waals surface area contributed by atoms with E-state index in [-0.39, 0.29) is 5.41 Å². The molecular formula is C143H97N5. The van der Waals surface area contributed by atoms with Gasteiger partial charge in [-0.3, -0.25) is 9.97 Å². The number of hydrogen-bond acceptors (Lipinski definition) is 3. The number of aromatic nitrogens is 4. The molecule has 0 bridgehead atoms. The van der Waals surface area contributed by atoms with Gasteiger partial charge >= 0.3 is 0 Å². The maximum Gasteiger partial charge on any atom is 0.0970 e. The molecule has 4 heterocycles. The van der Waals surface area contributed by atoms with Crippen LogP contribution in [0, 0.1) is 0 Å². The average molecular weight is 1890 g/mol. The van der Waals surface area contributed by atoms with Gasteiger partial charge in [-0.2, -0.15) is 0 Å². The second-order valence-corrected chi connectivity index (χ2v) is 37.9. The fraction of sp³-hybridized carbons (Fsp3) is 0.00699. The Kier molecular flexibility index (Phi) is 23.2. The first-order valence-corrected chi connectivity index (χ1v) is 50.8. The van der Waals surface area contributed by atoms with Gasteiger partial charge < -0.3 is 14.0 Å². The van der Waals surface area contributed by atoms with Crippen molar-refractivity contribution in [2.24, 2.45) is 0 Å². The van der Waals surface area contributed by atoms with Gasteiger partial charge in [0.2, 0.25) is 0 Å². The maximum atomic E-state index is 4.67. The van der Waals surface area contributed by atoms with Crippen LogP contribution < -0.4 is 4.90 Å². The van der Waals surface area contributed by atoms with Gasteiger partial charge in [0.15, 0.2) is 0 Å². The lowest BCUT2D eigenvalue weighted by atomic mass is 9.68. The molecule has 0 amide bonds. The lowest BCUT2D eigenvalue weighted by Gasteiger charge is -2.34. The van der Waals surface area contributed by atoms with E-state index in [0.29, 0.717) is 0 Å². The molecule has 1 aliphatic rings. The van der Waals surface area contributed by atoms with Gasteiger partial charge in [-0.05, 0) is 257 Å². The van der Waals surface area contributed by atoms with Crippen LogP contribution in [0.2, 0.25) is 0 Å². The van der Waals surface area contributed by atoms with Crippen LogP contribution in [0.25, 0.3) is 209 Å². The first kappa shape index (κ1) is 88.7. The molecule has 694 valence electrons. The number of benzene rings is 24. The molecular weight excluding hydrogens is 1790 g/mol. The van der Waals surface area contributed by atoms with Gasteiger partial charge in [-0.1, -0.05) is 473 Å². The zero-order chi connectivity index (χ0) is 98.2. The largest absolute Gasteiger partial charge is 0.311 e. The molecule has 5 nitrogen and oxygen atoms in total. The minimum atomic E-state index is -0.378. The molecule has 0 saturated heterocycles. The summed E-state index contributed by atoms with van der Waals surface area (Å²) >= 11 is 0. The Balaban J connectivity index is 0.000000101. The standard InChI is InChI=1S/C44H29N.C38H25N.C37H27N.C24H16N2/c1-3-13-31(14-4-1)43-36-18-7-9-20-38(36)44(39-21-10-8-19-37(39)43)32-25-23-30(24-26-32)33-27-28-42-40(29-33)35-17-11-12-22-41(35)45(42)34-15-5-2-6-16-34;1-2-12-26(13-3-1)37-31-16-4-6-18-33(31)38(34-19-7-5-17-32(34)37)27-22-24-28(25-23-27)39-35-20-10-8-14-29(35)30-15-9-11-21-36(30)39;1-4-14-28(15-5-1)37(35-22-12-10-20-33(35)34-21-11-13-23-36(34)37)29-24-26-32(27-25-29)38(30-16-6-2-7-17-30)31-18-8-3-9-19-31;1-3-7-17(8-4-1)19-13-15-25-23-21(19)11-12-22-20(14-16-26-24(22)23)18-9-5-2-6-10-18/h1-29H;1-25H;1-27H;1-16H. The SMILES string of the molecule is c1ccc(-c2c3ccccc3c(-c3ccc(-c4ccc5c(c4)c4ccccc4n5-c4ccccc4)cc3)c3ccccc23)cc1.c1ccc(-c2c3ccccc3c(-c3ccc(-n4c5ccccc5c5ccccc54)cc3)c3ccccc23)cc1.c1ccc(-c2ccnc3c2ccc2c(-c4ccccc4)ccnc23)cc1.c1ccc(N(c2ccccc2)c2ccc(C3(c4ccccc4)c4ccccc4-c4ccccc43)cc2)cc1. The van der Waals surface area contributed by atoms with Crippen molar-refractivity contribution >= 4 is 126 Å². The number of rotatable bonds is 14. The van der Waals surface area contributed by atoms with Gasteiger partial charge in [0, 0.05) is 73.1 Å². The maximum absolute atomic E-state index is 4.67. The highest BCUT2D eigenvalue weighted by Crippen LogP contribution is 2.57. The van der Waals surface area contributed by atoms with Crippen LogP contribution in [-0.2, 0) is 5.41 Å². The fourth-order valence-electron chi connectivity index (χ4n) is 23.3. The molecule has 5 heteroatoms. The third-order valence-corrected chi connectivity index (χ3v) is 29.7. The topological polar surface area (TPSA) is 38.9 Å². The Morgan fingerprint density at radius 1 is 0.162 bits per heavy atom. The Bertz CT molecular complexity index is 9430. The highest BCUT2D eigenvalue weighted by molar-refractivity contribution is 6.24. The van der Waals surface area contributed by atoms with Gasteiger partial charge in [0.1, 0.15) is 0 Å². The molecule has 0 saturated carbocycles. The molecule has 0 radical (unpaired) electrons. The van der Waals surface area contributed by atoms with Gasteiger partial charge in [0.05, 0.1) is 38.5 Å². The van der Waals surface area contributed by atoms with E-state index >= 15 is 0 Å². The average Bonchev–Trinajstić information content (AvgIpc) is 1.54. The fourth-order valence-corrected chi connectivity index (χ4v) is 23.3. The summed E-state index contributed by atoms with van der Waals surface area (Å²) in [6, 6.07) is 207. The van der Waals surface area contributed by atoms with Gasteiger partial charge in [-0.15, -0.1) is 0 Å². The van der Waals surface area contributed by atoms with Crippen molar-refractivity contribution < 1.29 is 0 Å². The van der Waals surface area contributed by atoms with Crippen LogP contribution in [0.15, 0.2) is 589 Å². The molecule has 28 aromatic rings. The summed E-state index contributed by atoms with van der Waals surface area (Å²) in [6.45, 7) is 0.